The lowest BCUT2D eigenvalue weighted by molar-refractivity contribution is 0.670. The van der Waals surface area contributed by atoms with Crippen LogP contribution in [-0.4, -0.2) is 19.5 Å². The lowest BCUT2D eigenvalue weighted by Gasteiger charge is -2.12. The molecule has 0 radical (unpaired) electrons. The van der Waals surface area contributed by atoms with Crippen LogP contribution in [0.4, 0.5) is 0 Å². The Labute approximate surface area is 357 Å². The fraction of sp³-hybridized carbons (Fsp3) is 0. The van der Waals surface area contributed by atoms with Crippen LogP contribution in [0.1, 0.15) is 0 Å². The Bertz CT molecular complexity index is 3610. The molecule has 12 rings (SSSR count). The number of nitrogens with zero attached hydrogens (tertiary/aromatic N) is 4. The molecule has 0 saturated heterocycles. The summed E-state index contributed by atoms with van der Waals surface area (Å²) in [5.74, 6) is 1.71. The quantitative estimate of drug-likeness (QED) is 0.161. The Morgan fingerprint density at radius 2 is 0.758 bits per heavy atom. The average Bonchev–Trinajstić information content (AvgIpc) is 3.91. The zero-order chi connectivity index (χ0) is 41.0. The first-order valence-corrected chi connectivity index (χ1v) is 20.8. The summed E-state index contributed by atoms with van der Waals surface area (Å²) in [5.41, 5.74) is 14.7. The molecule has 0 spiro atoms. The van der Waals surface area contributed by atoms with E-state index in [1.54, 1.807) is 0 Å². The fourth-order valence-corrected chi connectivity index (χ4v) is 8.81. The molecule has 0 aliphatic carbocycles. The van der Waals surface area contributed by atoms with Crippen molar-refractivity contribution in [3.63, 3.8) is 0 Å². The van der Waals surface area contributed by atoms with Crippen molar-refractivity contribution in [2.45, 2.75) is 0 Å². The highest BCUT2D eigenvalue weighted by Gasteiger charge is 2.22. The molecule has 0 saturated carbocycles. The number of fused-ring (bicyclic) bond motifs is 7. The minimum absolute atomic E-state index is 0.525. The van der Waals surface area contributed by atoms with E-state index in [-0.39, 0.29) is 0 Å². The van der Waals surface area contributed by atoms with Crippen LogP contribution in [0.15, 0.2) is 223 Å². The van der Waals surface area contributed by atoms with Crippen LogP contribution >= 0.6 is 0 Å². The summed E-state index contributed by atoms with van der Waals surface area (Å²) >= 11 is 0. The van der Waals surface area contributed by atoms with Crippen LogP contribution in [0.2, 0.25) is 0 Å². The molecule has 5 nitrogen and oxygen atoms in total. The topological polar surface area (TPSA) is 56.7 Å². The lowest BCUT2D eigenvalue weighted by Crippen LogP contribution is -2.06. The molecule has 3 heterocycles. The molecule has 62 heavy (non-hydrogen) atoms. The third kappa shape index (κ3) is 6.14. The van der Waals surface area contributed by atoms with Gasteiger partial charge in [-0.25, -0.2) is 4.98 Å². The van der Waals surface area contributed by atoms with Gasteiger partial charge < -0.3 is 4.42 Å². The van der Waals surface area contributed by atoms with Gasteiger partial charge in [0.05, 0.1) is 5.52 Å². The van der Waals surface area contributed by atoms with Gasteiger partial charge >= 0.3 is 0 Å². The molecule has 0 amide bonds. The molecular formula is C57H36N4O. The van der Waals surface area contributed by atoms with Gasteiger partial charge in [-0.05, 0) is 74.8 Å². The van der Waals surface area contributed by atoms with E-state index in [0.717, 1.165) is 71.6 Å². The number of hydrogen-bond acceptors (Lipinski definition) is 4. The van der Waals surface area contributed by atoms with Gasteiger partial charge in [0.25, 0.3) is 0 Å². The molecule has 0 bridgehead atoms. The van der Waals surface area contributed by atoms with Gasteiger partial charge in [0.2, 0.25) is 5.95 Å². The largest absolute Gasteiger partial charge is 0.454 e. The lowest BCUT2D eigenvalue weighted by atomic mass is 9.96. The summed E-state index contributed by atoms with van der Waals surface area (Å²) in [5, 5.41) is 4.30. The second kappa shape index (κ2) is 14.7. The number of benzene rings is 9. The predicted octanol–water partition coefficient (Wildman–Crippen LogP) is 14.9. The van der Waals surface area contributed by atoms with Crippen LogP contribution < -0.4 is 0 Å². The van der Waals surface area contributed by atoms with Crippen LogP contribution in [0.3, 0.4) is 0 Å². The Morgan fingerprint density at radius 1 is 0.306 bits per heavy atom. The maximum Gasteiger partial charge on any atom is 0.238 e. The monoisotopic (exact) mass is 792 g/mol. The smallest absolute Gasteiger partial charge is 0.238 e. The van der Waals surface area contributed by atoms with Crippen molar-refractivity contribution in [1.82, 2.24) is 19.5 Å². The summed E-state index contributed by atoms with van der Waals surface area (Å²) in [7, 11) is 0. The number of rotatable bonds is 7. The molecule has 12 aromatic rings. The second-order valence-corrected chi connectivity index (χ2v) is 15.6. The molecule has 0 atom stereocenters. The first-order chi connectivity index (χ1) is 30.7. The number of furan rings is 1. The Hall–Kier alpha value is -8.41. The maximum atomic E-state index is 6.64. The molecule has 0 aliphatic rings. The molecular weight excluding hydrogens is 757 g/mol. The molecule has 0 N–H and O–H groups in total. The highest BCUT2D eigenvalue weighted by molar-refractivity contribution is 6.21. The minimum Gasteiger partial charge on any atom is -0.454 e. The first kappa shape index (κ1) is 35.5. The molecule has 0 fully saturated rings. The van der Waals surface area contributed by atoms with Crippen molar-refractivity contribution in [2.75, 3.05) is 0 Å². The van der Waals surface area contributed by atoms with Crippen LogP contribution in [0.5, 0.6) is 0 Å². The number of hydrogen-bond donors (Lipinski definition) is 0. The van der Waals surface area contributed by atoms with Crippen molar-refractivity contribution in [3.8, 4) is 73.2 Å². The first-order valence-electron chi connectivity index (χ1n) is 20.8. The van der Waals surface area contributed by atoms with E-state index in [1.165, 1.54) is 27.8 Å². The number of aromatic nitrogens is 4. The van der Waals surface area contributed by atoms with E-state index in [9.17, 15) is 0 Å². The Morgan fingerprint density at radius 3 is 1.40 bits per heavy atom. The van der Waals surface area contributed by atoms with Crippen LogP contribution in [0.25, 0.3) is 117 Å². The van der Waals surface area contributed by atoms with Crippen molar-refractivity contribution >= 4 is 43.7 Å². The average molecular weight is 793 g/mol. The van der Waals surface area contributed by atoms with E-state index in [0.29, 0.717) is 17.6 Å². The molecule has 290 valence electrons. The summed E-state index contributed by atoms with van der Waals surface area (Å²) in [4.78, 5) is 15.6. The fourth-order valence-electron chi connectivity index (χ4n) is 8.81. The highest BCUT2D eigenvalue weighted by Crippen LogP contribution is 2.40. The SMILES string of the molecule is c1ccc(-c2ccc(-c3cccc(-c4ccc(-c5cccc(-c6nc(-c7ccccc7)nc(-n7c8ccccc8c8ccc9c%10ccccc%10oc9c87)n6)c5)cc4)c3)cc2)cc1. The van der Waals surface area contributed by atoms with Crippen molar-refractivity contribution in [1.29, 1.82) is 0 Å². The van der Waals surface area contributed by atoms with Gasteiger partial charge in [-0.15, -0.1) is 0 Å². The van der Waals surface area contributed by atoms with Gasteiger partial charge in [0.15, 0.2) is 17.2 Å². The molecule has 0 aliphatic heterocycles. The van der Waals surface area contributed by atoms with Gasteiger partial charge in [0, 0.05) is 32.7 Å². The van der Waals surface area contributed by atoms with Gasteiger partial charge in [-0.2, -0.15) is 9.97 Å². The van der Waals surface area contributed by atoms with E-state index >= 15 is 0 Å². The highest BCUT2D eigenvalue weighted by atomic mass is 16.3. The standard InChI is InChI=1S/C57H36N4O/c1-3-13-37(14-4-1)38-25-27-39(28-26-38)43-17-11-18-44(35-43)40-29-31-41(32-30-40)45-19-12-20-46(36-45)56-58-55(42-15-5-2-6-16-42)59-57(60-56)61-51-23-9-7-21-47(51)49-33-34-50-48-22-8-10-24-52(48)62-54(50)53(49)61/h1-36H. The molecule has 3 aromatic heterocycles. The Balaban J connectivity index is 0.932. The third-order valence-electron chi connectivity index (χ3n) is 11.9. The van der Waals surface area contributed by atoms with Crippen molar-refractivity contribution in [3.05, 3.63) is 218 Å². The zero-order valence-electron chi connectivity index (χ0n) is 33.5. The van der Waals surface area contributed by atoms with Crippen LogP contribution in [0, 0.1) is 0 Å². The van der Waals surface area contributed by atoms with E-state index < -0.39 is 0 Å². The summed E-state index contributed by atoms with van der Waals surface area (Å²) in [6.07, 6.45) is 0. The minimum atomic E-state index is 0.525. The van der Waals surface area contributed by atoms with Gasteiger partial charge in [-0.3, -0.25) is 4.57 Å². The van der Waals surface area contributed by atoms with Crippen LogP contribution in [-0.2, 0) is 0 Å². The van der Waals surface area contributed by atoms with Crippen molar-refractivity contribution < 1.29 is 4.42 Å². The zero-order valence-corrected chi connectivity index (χ0v) is 33.5. The molecule has 0 unspecified atom stereocenters. The molecule has 5 heteroatoms. The van der Waals surface area contributed by atoms with Gasteiger partial charge in [-0.1, -0.05) is 188 Å². The van der Waals surface area contributed by atoms with E-state index in [1.807, 2.05) is 42.5 Å². The van der Waals surface area contributed by atoms with Crippen molar-refractivity contribution in [2.24, 2.45) is 0 Å². The summed E-state index contributed by atoms with van der Waals surface area (Å²) in [6, 6.07) is 76.4. The summed E-state index contributed by atoms with van der Waals surface area (Å²) in [6.45, 7) is 0. The second-order valence-electron chi connectivity index (χ2n) is 15.6. The normalized spacial score (nSPS) is 11.5. The van der Waals surface area contributed by atoms with E-state index in [2.05, 4.69) is 180 Å². The maximum absolute atomic E-state index is 6.64. The third-order valence-corrected chi connectivity index (χ3v) is 11.9. The molecule has 9 aromatic carbocycles. The van der Waals surface area contributed by atoms with E-state index in [4.69, 9.17) is 19.4 Å². The predicted molar refractivity (Wildman–Crippen MR) is 254 cm³/mol. The summed E-state index contributed by atoms with van der Waals surface area (Å²) < 4.78 is 8.78. The van der Waals surface area contributed by atoms with Gasteiger partial charge in [0.1, 0.15) is 11.1 Å². The Kier molecular flexibility index (Phi) is 8.42. The number of para-hydroxylation sites is 2.